The fourth-order valence-corrected chi connectivity index (χ4v) is 2.63. The number of ether oxygens (including phenoxy) is 1. The summed E-state index contributed by atoms with van der Waals surface area (Å²) in [5.74, 6) is 1.88. The van der Waals surface area contributed by atoms with E-state index in [1.807, 2.05) is 6.07 Å². The first-order valence-electron chi connectivity index (χ1n) is 7.27. The van der Waals surface area contributed by atoms with Gasteiger partial charge in [-0.05, 0) is 30.0 Å². The predicted octanol–water partition coefficient (Wildman–Crippen LogP) is 2.21. The molecule has 0 radical (unpaired) electrons. The molecule has 1 aliphatic heterocycles. The van der Waals surface area contributed by atoms with Crippen molar-refractivity contribution in [2.24, 2.45) is 10.4 Å². The maximum Gasteiger partial charge on any atom is 0.193 e. The standard InChI is InChI=1S/C16H25N3O2/c1-16(2)7-8-19(11-16)15(17-3)18-10-12-9-13(21-4)5-6-14(12)20/h5-6,9,20H,7-8,10-11H2,1-4H3,(H,17,18). The zero-order valence-corrected chi connectivity index (χ0v) is 13.3. The van der Waals surface area contributed by atoms with Crippen molar-refractivity contribution in [1.29, 1.82) is 0 Å². The highest BCUT2D eigenvalue weighted by molar-refractivity contribution is 5.80. The summed E-state index contributed by atoms with van der Waals surface area (Å²) in [4.78, 5) is 6.60. The van der Waals surface area contributed by atoms with Gasteiger partial charge in [-0.3, -0.25) is 4.99 Å². The molecule has 1 fully saturated rings. The third kappa shape index (κ3) is 3.80. The van der Waals surface area contributed by atoms with Gasteiger partial charge in [0.2, 0.25) is 0 Å². The molecule has 1 saturated heterocycles. The summed E-state index contributed by atoms with van der Waals surface area (Å²) in [6.07, 6.45) is 1.16. The van der Waals surface area contributed by atoms with Crippen LogP contribution in [0.2, 0.25) is 0 Å². The topological polar surface area (TPSA) is 57.1 Å². The fourth-order valence-electron chi connectivity index (χ4n) is 2.63. The van der Waals surface area contributed by atoms with Crippen LogP contribution in [0.25, 0.3) is 0 Å². The van der Waals surface area contributed by atoms with E-state index in [1.165, 1.54) is 0 Å². The lowest BCUT2D eigenvalue weighted by molar-refractivity contribution is 0.369. The Morgan fingerprint density at radius 1 is 1.48 bits per heavy atom. The maximum absolute atomic E-state index is 9.92. The van der Waals surface area contributed by atoms with Gasteiger partial charge in [-0.15, -0.1) is 0 Å². The Balaban J connectivity index is 2.01. The van der Waals surface area contributed by atoms with Gasteiger partial charge in [0.25, 0.3) is 0 Å². The van der Waals surface area contributed by atoms with Crippen molar-refractivity contribution in [3.63, 3.8) is 0 Å². The second-order valence-corrected chi connectivity index (χ2v) is 6.23. The largest absolute Gasteiger partial charge is 0.508 e. The van der Waals surface area contributed by atoms with Gasteiger partial charge in [0.1, 0.15) is 11.5 Å². The average molecular weight is 291 g/mol. The number of likely N-dealkylation sites (tertiary alicyclic amines) is 1. The van der Waals surface area contributed by atoms with Crippen molar-refractivity contribution in [1.82, 2.24) is 10.2 Å². The molecule has 1 aromatic rings. The molecule has 1 aromatic carbocycles. The van der Waals surface area contributed by atoms with E-state index >= 15 is 0 Å². The molecule has 2 rings (SSSR count). The van der Waals surface area contributed by atoms with Crippen LogP contribution < -0.4 is 10.1 Å². The minimum absolute atomic E-state index is 0.264. The second-order valence-electron chi connectivity index (χ2n) is 6.23. The third-order valence-electron chi connectivity index (χ3n) is 3.91. The minimum atomic E-state index is 0.264. The molecule has 0 amide bonds. The molecule has 0 atom stereocenters. The Labute approximate surface area is 126 Å². The lowest BCUT2D eigenvalue weighted by atomic mass is 9.93. The number of nitrogens with one attached hydrogen (secondary N) is 1. The SMILES string of the molecule is CN=C(NCc1cc(OC)ccc1O)N1CCC(C)(C)C1. The quantitative estimate of drug-likeness (QED) is 0.662. The molecule has 1 aliphatic rings. The normalized spacial score (nSPS) is 17.9. The van der Waals surface area contributed by atoms with Crippen LogP contribution in [0.5, 0.6) is 11.5 Å². The van der Waals surface area contributed by atoms with E-state index in [0.717, 1.165) is 36.8 Å². The molecule has 5 nitrogen and oxygen atoms in total. The van der Waals surface area contributed by atoms with Crippen molar-refractivity contribution < 1.29 is 9.84 Å². The van der Waals surface area contributed by atoms with Crippen LogP contribution in [0.15, 0.2) is 23.2 Å². The first kappa shape index (κ1) is 15.5. The highest BCUT2D eigenvalue weighted by atomic mass is 16.5. The van der Waals surface area contributed by atoms with E-state index in [4.69, 9.17) is 4.74 Å². The summed E-state index contributed by atoms with van der Waals surface area (Å²) in [5, 5.41) is 13.2. The summed E-state index contributed by atoms with van der Waals surface area (Å²) in [6.45, 7) is 7.07. The zero-order valence-electron chi connectivity index (χ0n) is 13.3. The van der Waals surface area contributed by atoms with Crippen molar-refractivity contribution in [3.05, 3.63) is 23.8 Å². The number of rotatable bonds is 3. The van der Waals surface area contributed by atoms with E-state index in [9.17, 15) is 5.11 Å². The number of phenolic OH excluding ortho intramolecular Hbond substituents is 1. The molecular formula is C16H25N3O2. The number of aliphatic imine (C=N–C) groups is 1. The fraction of sp³-hybridized carbons (Fsp3) is 0.562. The van der Waals surface area contributed by atoms with E-state index in [-0.39, 0.29) is 5.75 Å². The van der Waals surface area contributed by atoms with Gasteiger partial charge in [0, 0.05) is 32.2 Å². The van der Waals surface area contributed by atoms with Gasteiger partial charge in [-0.1, -0.05) is 13.8 Å². The van der Waals surface area contributed by atoms with Gasteiger partial charge in [-0.2, -0.15) is 0 Å². The maximum atomic E-state index is 9.92. The van der Waals surface area contributed by atoms with Crippen LogP contribution in [-0.4, -0.2) is 43.2 Å². The summed E-state index contributed by atoms with van der Waals surface area (Å²) in [7, 11) is 3.41. The summed E-state index contributed by atoms with van der Waals surface area (Å²) < 4.78 is 5.19. The van der Waals surface area contributed by atoms with E-state index in [0.29, 0.717) is 12.0 Å². The second kappa shape index (κ2) is 6.24. The number of methoxy groups -OCH3 is 1. The number of phenols is 1. The third-order valence-corrected chi connectivity index (χ3v) is 3.91. The van der Waals surface area contributed by atoms with Crippen LogP contribution in [0.4, 0.5) is 0 Å². The minimum Gasteiger partial charge on any atom is -0.508 e. The molecule has 0 spiro atoms. The van der Waals surface area contributed by atoms with E-state index < -0.39 is 0 Å². The molecule has 0 bridgehead atoms. The van der Waals surface area contributed by atoms with Gasteiger partial charge in [0.15, 0.2) is 5.96 Å². The molecular weight excluding hydrogens is 266 g/mol. The van der Waals surface area contributed by atoms with Gasteiger partial charge < -0.3 is 20.1 Å². The number of hydrogen-bond acceptors (Lipinski definition) is 3. The highest BCUT2D eigenvalue weighted by Crippen LogP contribution is 2.29. The number of hydrogen-bond donors (Lipinski definition) is 2. The summed E-state index contributed by atoms with van der Waals surface area (Å²) >= 11 is 0. The predicted molar refractivity (Wildman–Crippen MR) is 84.8 cm³/mol. The molecule has 0 aromatic heterocycles. The Morgan fingerprint density at radius 3 is 2.81 bits per heavy atom. The molecule has 0 unspecified atom stereocenters. The average Bonchev–Trinajstić information content (AvgIpc) is 2.81. The number of benzene rings is 1. The molecule has 0 aliphatic carbocycles. The molecule has 0 saturated carbocycles. The van der Waals surface area contributed by atoms with Crippen molar-refractivity contribution in [3.8, 4) is 11.5 Å². The van der Waals surface area contributed by atoms with Crippen molar-refractivity contribution >= 4 is 5.96 Å². The number of nitrogens with zero attached hydrogens (tertiary/aromatic N) is 2. The van der Waals surface area contributed by atoms with Crippen LogP contribution in [-0.2, 0) is 6.54 Å². The molecule has 21 heavy (non-hydrogen) atoms. The Kier molecular flexibility index (Phi) is 4.60. The molecule has 116 valence electrons. The van der Waals surface area contributed by atoms with Gasteiger partial charge in [0.05, 0.1) is 7.11 Å². The first-order valence-corrected chi connectivity index (χ1v) is 7.27. The summed E-state index contributed by atoms with van der Waals surface area (Å²) in [6, 6.07) is 5.23. The zero-order chi connectivity index (χ0) is 15.5. The molecule has 5 heteroatoms. The highest BCUT2D eigenvalue weighted by Gasteiger charge is 2.30. The van der Waals surface area contributed by atoms with E-state index in [1.54, 1.807) is 26.3 Å². The Bertz CT molecular complexity index is 526. The summed E-state index contributed by atoms with van der Waals surface area (Å²) in [5.41, 5.74) is 1.13. The lowest BCUT2D eigenvalue weighted by Gasteiger charge is -2.23. The van der Waals surface area contributed by atoms with Crippen LogP contribution in [0.1, 0.15) is 25.8 Å². The van der Waals surface area contributed by atoms with Crippen LogP contribution in [0.3, 0.4) is 0 Å². The van der Waals surface area contributed by atoms with Gasteiger partial charge >= 0.3 is 0 Å². The lowest BCUT2D eigenvalue weighted by Crippen LogP contribution is -2.40. The number of aromatic hydroxyl groups is 1. The Hall–Kier alpha value is -1.91. The van der Waals surface area contributed by atoms with E-state index in [2.05, 4.69) is 29.1 Å². The molecule has 2 N–H and O–H groups in total. The first-order chi connectivity index (χ1) is 9.95. The Morgan fingerprint density at radius 2 is 2.24 bits per heavy atom. The number of guanidine groups is 1. The van der Waals surface area contributed by atoms with Crippen LogP contribution in [0, 0.1) is 5.41 Å². The van der Waals surface area contributed by atoms with Gasteiger partial charge in [-0.25, -0.2) is 0 Å². The smallest absolute Gasteiger partial charge is 0.193 e. The monoisotopic (exact) mass is 291 g/mol. The van der Waals surface area contributed by atoms with Crippen molar-refractivity contribution in [2.75, 3.05) is 27.2 Å². The van der Waals surface area contributed by atoms with Crippen LogP contribution >= 0.6 is 0 Å². The van der Waals surface area contributed by atoms with Crippen molar-refractivity contribution in [2.45, 2.75) is 26.8 Å². The molecule has 1 heterocycles.